The van der Waals surface area contributed by atoms with Crippen molar-refractivity contribution in [3.05, 3.63) is 149 Å². The Balaban J connectivity index is 1.47. The molecule has 1 atom stereocenters. The molecule has 50 heavy (non-hydrogen) atoms. The number of aromatic carboxylic acids is 1. The highest BCUT2D eigenvalue weighted by molar-refractivity contribution is 7.59. The van der Waals surface area contributed by atoms with Crippen LogP contribution >= 0.6 is 7.94 Å². The number of carbonyl (C=O) groups is 1. The Morgan fingerprint density at radius 3 is 2.00 bits per heavy atom. The van der Waals surface area contributed by atoms with Gasteiger partial charge in [-0.3, -0.25) is 0 Å². The van der Waals surface area contributed by atoms with E-state index in [1.165, 1.54) is 18.2 Å². The van der Waals surface area contributed by atoms with Gasteiger partial charge in [0.1, 0.15) is 11.3 Å². The third-order valence-corrected chi connectivity index (χ3v) is 9.61. The molecule has 12 heteroatoms. The highest BCUT2D eigenvalue weighted by atomic mass is 31.2. The normalized spacial score (nSPS) is 13.4. The fourth-order valence-electron chi connectivity index (χ4n) is 6.24. The second-order valence-corrected chi connectivity index (χ2v) is 14.1. The van der Waals surface area contributed by atoms with Crippen molar-refractivity contribution >= 4 is 24.9 Å². The smallest absolute Gasteiger partial charge is 0.484 e. The molecule has 0 spiro atoms. The third kappa shape index (κ3) is 6.86. The van der Waals surface area contributed by atoms with Gasteiger partial charge >= 0.3 is 19.6 Å². The van der Waals surface area contributed by atoms with Crippen LogP contribution in [0.2, 0.25) is 0 Å². The van der Waals surface area contributed by atoms with E-state index in [1.807, 2.05) is 97.4 Å². The SMILES string of the molecule is CC(C)Oc1ccc(C(=O)O)c(-c2ccc(CC(Cc3ccc(C(F)(F)[P+](O)(O)O)cc3)(c3ccccc3)n3nnc4ccccc43)cc2)c1. The van der Waals surface area contributed by atoms with E-state index in [4.69, 9.17) is 4.74 Å². The Labute approximate surface area is 287 Å². The van der Waals surface area contributed by atoms with Gasteiger partial charge in [-0.15, -0.1) is 5.10 Å². The van der Waals surface area contributed by atoms with Gasteiger partial charge in [-0.05, 0) is 84.1 Å². The van der Waals surface area contributed by atoms with Crippen LogP contribution in [0.5, 0.6) is 5.75 Å². The number of benzene rings is 5. The van der Waals surface area contributed by atoms with E-state index in [0.717, 1.165) is 28.8 Å². The van der Waals surface area contributed by atoms with Gasteiger partial charge in [0, 0.05) is 12.8 Å². The number of aromatic nitrogens is 3. The van der Waals surface area contributed by atoms with Crippen molar-refractivity contribution in [3.8, 4) is 16.9 Å². The number of rotatable bonds is 12. The molecule has 0 aliphatic carbocycles. The number of nitrogens with zero attached hydrogens (tertiary/aromatic N) is 3. The molecule has 0 aliphatic heterocycles. The second-order valence-electron chi connectivity index (χ2n) is 12.4. The summed E-state index contributed by atoms with van der Waals surface area (Å²) in [4.78, 5) is 40.3. The van der Waals surface area contributed by atoms with E-state index < -0.39 is 30.7 Å². The van der Waals surface area contributed by atoms with Crippen LogP contribution in [0.1, 0.15) is 46.5 Å². The van der Waals surface area contributed by atoms with Crippen LogP contribution in [-0.4, -0.2) is 46.9 Å². The summed E-state index contributed by atoms with van der Waals surface area (Å²) < 4.78 is 36.9. The second kappa shape index (κ2) is 13.7. The number of carboxylic acid groups (broad SMARTS) is 1. The fraction of sp³-hybridized carbons (Fsp3) is 0.184. The molecule has 6 rings (SSSR count). The zero-order chi connectivity index (χ0) is 35.7. The average Bonchev–Trinajstić information content (AvgIpc) is 3.53. The predicted molar refractivity (Wildman–Crippen MR) is 187 cm³/mol. The molecular formula is C38H35F2N3O6P+. The number of hydrogen-bond donors (Lipinski definition) is 4. The lowest BCUT2D eigenvalue weighted by Crippen LogP contribution is -2.40. The summed E-state index contributed by atoms with van der Waals surface area (Å²) in [5, 5.41) is 19.0. The van der Waals surface area contributed by atoms with Crippen LogP contribution in [0.15, 0.2) is 121 Å². The van der Waals surface area contributed by atoms with Gasteiger partial charge in [0.05, 0.1) is 28.3 Å². The lowest BCUT2D eigenvalue weighted by atomic mass is 9.78. The molecule has 9 nitrogen and oxygen atoms in total. The topological polar surface area (TPSA) is 138 Å². The summed E-state index contributed by atoms with van der Waals surface area (Å²) in [5.74, 6) is -0.506. The monoisotopic (exact) mass is 698 g/mol. The molecule has 1 unspecified atom stereocenters. The summed E-state index contributed by atoms with van der Waals surface area (Å²) in [5.41, 5.74) is -0.786. The highest BCUT2D eigenvalue weighted by Crippen LogP contribution is 2.65. The molecule has 1 aromatic heterocycles. The first kappa shape index (κ1) is 34.8. The molecule has 5 aromatic carbocycles. The molecule has 256 valence electrons. The first-order valence-electron chi connectivity index (χ1n) is 15.8. The van der Waals surface area contributed by atoms with Crippen LogP contribution in [0.25, 0.3) is 22.2 Å². The average molecular weight is 699 g/mol. The Bertz CT molecular complexity index is 2120. The van der Waals surface area contributed by atoms with Crippen molar-refractivity contribution in [1.29, 1.82) is 0 Å². The minimum atomic E-state index is -5.50. The van der Waals surface area contributed by atoms with Crippen LogP contribution in [0, 0.1) is 0 Å². The quantitative estimate of drug-likeness (QED) is 0.0960. The molecule has 6 aromatic rings. The lowest BCUT2D eigenvalue weighted by molar-refractivity contribution is 0.0425. The molecule has 0 bridgehead atoms. The van der Waals surface area contributed by atoms with Gasteiger partial charge < -0.3 is 9.84 Å². The van der Waals surface area contributed by atoms with Crippen molar-refractivity contribution in [2.45, 2.75) is 44.0 Å². The molecule has 0 amide bonds. The van der Waals surface area contributed by atoms with Crippen LogP contribution in [0.3, 0.4) is 0 Å². The van der Waals surface area contributed by atoms with Crippen molar-refractivity contribution in [3.63, 3.8) is 0 Å². The van der Waals surface area contributed by atoms with Crippen LogP contribution < -0.4 is 4.74 Å². The van der Waals surface area contributed by atoms with E-state index >= 15 is 0 Å². The number of carboxylic acids is 1. The zero-order valence-corrected chi connectivity index (χ0v) is 28.1. The number of para-hydroxylation sites is 1. The van der Waals surface area contributed by atoms with E-state index in [9.17, 15) is 33.4 Å². The predicted octanol–water partition coefficient (Wildman–Crippen LogP) is 7.60. The standard InChI is InChI=1S/C38H34F2N3O6P/c1-25(2)49-31-20-21-32(36(44)45)33(22-31)28-16-12-26(13-17-28)23-37(29-8-4-3-5-9-29,43-35-11-7-6-10-34(35)41-42-43)24-27-14-18-30(19-15-27)38(39,40)50(46,47)48/h3-22,25,46-48H,23-24H2,1-2H3/p+1. The fourth-order valence-corrected chi connectivity index (χ4v) is 6.74. The summed E-state index contributed by atoms with van der Waals surface area (Å²) >= 11 is 0. The first-order valence-corrected chi connectivity index (χ1v) is 17.5. The molecule has 4 N–H and O–H groups in total. The zero-order valence-electron chi connectivity index (χ0n) is 27.2. The molecule has 0 saturated heterocycles. The summed E-state index contributed by atoms with van der Waals surface area (Å²) in [6.45, 7) is 3.79. The van der Waals surface area contributed by atoms with Gasteiger partial charge in [0.25, 0.3) is 0 Å². The summed E-state index contributed by atoms with van der Waals surface area (Å²) in [6, 6.07) is 34.7. The summed E-state index contributed by atoms with van der Waals surface area (Å²) in [6.07, 6.45) is 0.526. The number of halogens is 2. The van der Waals surface area contributed by atoms with Gasteiger partial charge in [-0.25, -0.2) is 9.48 Å². The molecule has 0 aliphatic rings. The Morgan fingerprint density at radius 1 is 0.800 bits per heavy atom. The minimum Gasteiger partial charge on any atom is -0.491 e. The number of hydrogen-bond acceptors (Lipinski definition) is 7. The van der Waals surface area contributed by atoms with E-state index in [1.54, 1.807) is 12.1 Å². The van der Waals surface area contributed by atoms with Crippen molar-refractivity contribution < 1.29 is 38.1 Å². The van der Waals surface area contributed by atoms with Crippen molar-refractivity contribution in [1.82, 2.24) is 15.0 Å². The Morgan fingerprint density at radius 2 is 1.40 bits per heavy atom. The van der Waals surface area contributed by atoms with Crippen molar-refractivity contribution in [2.24, 2.45) is 0 Å². The van der Waals surface area contributed by atoms with Gasteiger partial charge in [-0.2, -0.15) is 23.5 Å². The summed E-state index contributed by atoms with van der Waals surface area (Å²) in [7, 11) is -5.50. The Hall–Kier alpha value is -5.06. The molecule has 0 saturated carbocycles. The lowest BCUT2D eigenvalue weighted by Gasteiger charge is -2.36. The number of alkyl halides is 2. The van der Waals surface area contributed by atoms with Gasteiger partial charge in [-0.1, -0.05) is 84.1 Å². The van der Waals surface area contributed by atoms with Crippen molar-refractivity contribution in [2.75, 3.05) is 0 Å². The molecule has 0 radical (unpaired) electrons. The highest BCUT2D eigenvalue weighted by Gasteiger charge is 2.63. The van der Waals surface area contributed by atoms with Crippen LogP contribution in [-0.2, 0) is 24.0 Å². The third-order valence-electron chi connectivity index (χ3n) is 8.60. The Kier molecular flexibility index (Phi) is 9.52. The maximum Gasteiger partial charge on any atom is 0.484 e. The van der Waals surface area contributed by atoms with Gasteiger partial charge in [0.2, 0.25) is 0 Å². The maximum absolute atomic E-state index is 14.6. The molecular weight excluding hydrogens is 663 g/mol. The van der Waals surface area contributed by atoms with E-state index in [0.29, 0.717) is 34.4 Å². The van der Waals surface area contributed by atoms with Crippen LogP contribution in [0.4, 0.5) is 8.78 Å². The largest absolute Gasteiger partial charge is 0.491 e. The number of fused-ring (bicyclic) bond motifs is 1. The first-order chi connectivity index (χ1) is 23.8. The van der Waals surface area contributed by atoms with Gasteiger partial charge in [0.15, 0.2) is 0 Å². The molecule has 1 heterocycles. The van der Waals surface area contributed by atoms with E-state index in [-0.39, 0.29) is 18.1 Å². The maximum atomic E-state index is 14.6. The molecule has 0 fully saturated rings. The van der Waals surface area contributed by atoms with E-state index in [2.05, 4.69) is 10.3 Å². The minimum absolute atomic E-state index is 0.0957. The number of ether oxygens (including phenoxy) is 1.